The van der Waals surface area contributed by atoms with Crippen molar-refractivity contribution in [2.24, 2.45) is 5.73 Å². The molecule has 0 bridgehead atoms. The number of amides is 4. The summed E-state index contributed by atoms with van der Waals surface area (Å²) in [7, 11) is 0. The first-order valence-electron chi connectivity index (χ1n) is 12.9. The molecule has 208 valence electrons. The van der Waals surface area contributed by atoms with Gasteiger partial charge in [-0.25, -0.2) is 4.79 Å². The molecule has 0 heterocycles. The zero-order valence-corrected chi connectivity index (χ0v) is 24.0. The van der Waals surface area contributed by atoms with Crippen LogP contribution >= 0.6 is 0 Å². The Balaban J connectivity index is 3.62. The number of nitrogens with two attached hydrogens (primary N) is 1. The lowest BCUT2D eigenvalue weighted by Crippen LogP contribution is -2.55. The summed E-state index contributed by atoms with van der Waals surface area (Å²) in [6, 6.07) is 3.69. The van der Waals surface area contributed by atoms with Crippen LogP contribution in [-0.4, -0.2) is 52.4 Å². The van der Waals surface area contributed by atoms with Gasteiger partial charge < -0.3 is 26.0 Å². The standard InChI is InChI=1S/C28H46N4O5/c1-10-11-17-32(25(35)20(15-16-21(29)33)30-26(36)37-28(7,8)9)23(24(34)31-27(4,5)6)22-18(2)13-12-14-19(22)3/h12-14,20,23H,10-11,15-17H2,1-9H3,(H2,29,33)(H,30,36)(H,31,34). The Bertz CT molecular complexity index is 942. The molecule has 0 aromatic heterocycles. The molecule has 1 aromatic rings. The Morgan fingerprint density at radius 3 is 2.05 bits per heavy atom. The third-order valence-electron chi connectivity index (χ3n) is 5.58. The average molecular weight is 519 g/mol. The van der Waals surface area contributed by atoms with Crippen LogP contribution in [0.4, 0.5) is 4.79 Å². The average Bonchev–Trinajstić information content (AvgIpc) is 2.72. The number of nitrogens with one attached hydrogen (secondary N) is 2. The van der Waals surface area contributed by atoms with E-state index in [1.165, 1.54) is 4.90 Å². The number of unbranched alkanes of at least 4 members (excludes halogenated alkanes) is 1. The molecule has 0 spiro atoms. The molecule has 2 atom stereocenters. The number of hydrogen-bond acceptors (Lipinski definition) is 5. The number of primary amides is 1. The van der Waals surface area contributed by atoms with E-state index in [0.29, 0.717) is 6.42 Å². The fourth-order valence-electron chi connectivity index (χ4n) is 4.01. The molecule has 0 aliphatic carbocycles. The van der Waals surface area contributed by atoms with Crippen LogP contribution in [0.25, 0.3) is 0 Å². The molecule has 4 amide bonds. The summed E-state index contributed by atoms with van der Waals surface area (Å²) in [6.45, 7) is 16.9. The number of ether oxygens (including phenoxy) is 1. The van der Waals surface area contributed by atoms with Crippen LogP contribution in [-0.2, 0) is 19.1 Å². The molecule has 0 aliphatic heterocycles. The Kier molecular flexibility index (Phi) is 11.6. The first-order valence-corrected chi connectivity index (χ1v) is 12.9. The van der Waals surface area contributed by atoms with Crippen LogP contribution in [0.3, 0.4) is 0 Å². The van der Waals surface area contributed by atoms with E-state index in [9.17, 15) is 19.2 Å². The summed E-state index contributed by atoms with van der Waals surface area (Å²) < 4.78 is 5.37. The topological polar surface area (TPSA) is 131 Å². The highest BCUT2D eigenvalue weighted by Gasteiger charge is 2.38. The van der Waals surface area contributed by atoms with E-state index >= 15 is 0 Å². The Morgan fingerprint density at radius 1 is 1.03 bits per heavy atom. The van der Waals surface area contributed by atoms with E-state index in [4.69, 9.17) is 10.5 Å². The van der Waals surface area contributed by atoms with Crippen LogP contribution in [0.5, 0.6) is 0 Å². The Labute approximate surface area is 221 Å². The number of rotatable bonds is 11. The van der Waals surface area contributed by atoms with E-state index < -0.39 is 41.1 Å². The first kappa shape index (κ1) is 31.9. The maximum Gasteiger partial charge on any atom is 0.408 e. The van der Waals surface area contributed by atoms with Gasteiger partial charge in [0.05, 0.1) is 0 Å². The van der Waals surface area contributed by atoms with Crippen molar-refractivity contribution in [3.8, 4) is 0 Å². The molecule has 37 heavy (non-hydrogen) atoms. The zero-order valence-electron chi connectivity index (χ0n) is 24.0. The molecule has 0 saturated carbocycles. The summed E-state index contributed by atoms with van der Waals surface area (Å²) in [5.74, 6) is -1.39. The molecule has 0 saturated heterocycles. The number of benzene rings is 1. The second-order valence-corrected chi connectivity index (χ2v) is 11.5. The number of aryl methyl sites for hydroxylation is 2. The maximum atomic E-state index is 14.1. The molecular weight excluding hydrogens is 472 g/mol. The van der Waals surface area contributed by atoms with E-state index in [-0.39, 0.29) is 25.3 Å². The summed E-state index contributed by atoms with van der Waals surface area (Å²) in [5.41, 5.74) is 6.53. The smallest absolute Gasteiger partial charge is 0.408 e. The molecular formula is C28H46N4O5. The van der Waals surface area contributed by atoms with Gasteiger partial charge in [0.25, 0.3) is 0 Å². The van der Waals surface area contributed by atoms with Crippen molar-refractivity contribution in [3.05, 3.63) is 34.9 Å². The number of carbonyl (C=O) groups is 4. The molecule has 9 heteroatoms. The summed E-state index contributed by atoms with van der Waals surface area (Å²) in [6.07, 6.45) is 0.515. The van der Waals surface area contributed by atoms with Gasteiger partial charge in [-0.2, -0.15) is 0 Å². The van der Waals surface area contributed by atoms with E-state index in [1.807, 2.05) is 59.7 Å². The van der Waals surface area contributed by atoms with Gasteiger partial charge in [-0.15, -0.1) is 0 Å². The highest BCUT2D eigenvalue weighted by molar-refractivity contribution is 5.93. The fraction of sp³-hybridized carbons (Fsp3) is 0.643. The summed E-state index contributed by atoms with van der Waals surface area (Å²) in [4.78, 5) is 53.6. The van der Waals surface area contributed by atoms with Crippen LogP contribution in [0.1, 0.15) is 96.9 Å². The van der Waals surface area contributed by atoms with Gasteiger partial charge in [0.15, 0.2) is 0 Å². The van der Waals surface area contributed by atoms with Gasteiger partial charge in [-0.05, 0) is 84.9 Å². The summed E-state index contributed by atoms with van der Waals surface area (Å²) >= 11 is 0. The number of alkyl carbamates (subject to hydrolysis) is 1. The normalized spacial score (nSPS) is 13.3. The van der Waals surface area contributed by atoms with Crippen molar-refractivity contribution in [1.82, 2.24) is 15.5 Å². The SMILES string of the molecule is CCCCN(C(=O)C(CCC(N)=O)NC(=O)OC(C)(C)C)C(C(=O)NC(C)(C)C)c1c(C)cccc1C. The quantitative estimate of drug-likeness (QED) is 0.407. The zero-order chi connectivity index (χ0) is 28.6. The van der Waals surface area contributed by atoms with Crippen molar-refractivity contribution in [3.63, 3.8) is 0 Å². The van der Waals surface area contributed by atoms with Crippen molar-refractivity contribution in [2.75, 3.05) is 6.54 Å². The molecule has 2 unspecified atom stereocenters. The second-order valence-electron chi connectivity index (χ2n) is 11.5. The van der Waals surface area contributed by atoms with Crippen LogP contribution < -0.4 is 16.4 Å². The van der Waals surface area contributed by atoms with Gasteiger partial charge in [0.1, 0.15) is 17.7 Å². The predicted octanol–water partition coefficient (Wildman–Crippen LogP) is 4.05. The monoisotopic (exact) mass is 518 g/mol. The first-order chi connectivity index (χ1) is 17.0. The largest absolute Gasteiger partial charge is 0.444 e. The third kappa shape index (κ3) is 10.8. The molecule has 0 fully saturated rings. The molecule has 0 radical (unpaired) electrons. The fourth-order valence-corrected chi connectivity index (χ4v) is 4.01. The molecule has 9 nitrogen and oxygen atoms in total. The van der Waals surface area contributed by atoms with Gasteiger partial charge in [0.2, 0.25) is 17.7 Å². The molecule has 1 rings (SSSR count). The molecule has 4 N–H and O–H groups in total. The van der Waals surface area contributed by atoms with Crippen molar-refractivity contribution < 1.29 is 23.9 Å². The van der Waals surface area contributed by atoms with Gasteiger partial charge in [-0.1, -0.05) is 31.5 Å². The molecule has 0 aliphatic rings. The van der Waals surface area contributed by atoms with E-state index in [1.54, 1.807) is 20.8 Å². The van der Waals surface area contributed by atoms with Crippen LogP contribution in [0.2, 0.25) is 0 Å². The minimum atomic E-state index is -1.10. The van der Waals surface area contributed by atoms with Crippen molar-refractivity contribution in [2.45, 2.75) is 111 Å². The third-order valence-corrected chi connectivity index (χ3v) is 5.58. The molecule has 1 aromatic carbocycles. The lowest BCUT2D eigenvalue weighted by Gasteiger charge is -2.37. The van der Waals surface area contributed by atoms with Gasteiger partial charge in [0, 0.05) is 18.5 Å². The maximum absolute atomic E-state index is 14.1. The van der Waals surface area contributed by atoms with Crippen LogP contribution in [0, 0.1) is 13.8 Å². The lowest BCUT2D eigenvalue weighted by atomic mass is 9.92. The number of carbonyl (C=O) groups excluding carboxylic acids is 4. The predicted molar refractivity (Wildman–Crippen MR) is 145 cm³/mol. The van der Waals surface area contributed by atoms with Gasteiger partial charge in [-0.3, -0.25) is 14.4 Å². The minimum absolute atomic E-state index is 0.0175. The van der Waals surface area contributed by atoms with Crippen molar-refractivity contribution in [1.29, 1.82) is 0 Å². The number of nitrogens with zero attached hydrogens (tertiary/aromatic N) is 1. The number of hydrogen-bond donors (Lipinski definition) is 3. The minimum Gasteiger partial charge on any atom is -0.444 e. The second kappa shape index (κ2) is 13.4. The van der Waals surface area contributed by atoms with Gasteiger partial charge >= 0.3 is 6.09 Å². The lowest BCUT2D eigenvalue weighted by molar-refractivity contribution is -0.143. The summed E-state index contributed by atoms with van der Waals surface area (Å²) in [5, 5.41) is 5.64. The van der Waals surface area contributed by atoms with E-state index in [2.05, 4.69) is 10.6 Å². The highest BCUT2D eigenvalue weighted by atomic mass is 16.6. The van der Waals surface area contributed by atoms with Crippen LogP contribution in [0.15, 0.2) is 18.2 Å². The Morgan fingerprint density at radius 2 is 1.59 bits per heavy atom. The Hall–Kier alpha value is -3.10. The highest BCUT2D eigenvalue weighted by Crippen LogP contribution is 2.30. The van der Waals surface area contributed by atoms with Crippen molar-refractivity contribution >= 4 is 23.8 Å². The van der Waals surface area contributed by atoms with E-state index in [0.717, 1.165) is 23.1 Å².